The predicted molar refractivity (Wildman–Crippen MR) is 88.6 cm³/mol. The van der Waals surface area contributed by atoms with Crippen LogP contribution in [0.5, 0.6) is 0 Å². The van der Waals surface area contributed by atoms with E-state index in [2.05, 4.69) is 35.4 Å². The van der Waals surface area contributed by atoms with Gasteiger partial charge >= 0.3 is 0 Å². The molecule has 2 aromatic heterocycles. The first-order valence-electron chi connectivity index (χ1n) is 6.64. The molecular weight excluding hydrogens is 360 g/mol. The van der Waals surface area contributed by atoms with Gasteiger partial charge in [-0.1, -0.05) is 0 Å². The molecule has 1 fully saturated rings. The van der Waals surface area contributed by atoms with Crippen LogP contribution in [0.1, 0.15) is 5.82 Å². The number of pyridine rings is 1. The lowest BCUT2D eigenvalue weighted by atomic mass is 10.4. The molecule has 0 spiro atoms. The zero-order chi connectivity index (χ0) is 13.9. The van der Waals surface area contributed by atoms with Crippen molar-refractivity contribution in [3.63, 3.8) is 0 Å². The Hall–Kier alpha value is -0.300. The highest BCUT2D eigenvalue weighted by Crippen LogP contribution is 2.20. The molecule has 20 heavy (non-hydrogen) atoms. The average Bonchev–Trinajstić information content (AvgIpc) is 2.83. The standard InChI is InChI=1S/C13H16BrClN4S/c14-10-7-11-13(16-9-10)19(12(8-15)17-11)2-1-18-3-5-20-6-4-18/h7,9H,1-6,8H2. The van der Waals surface area contributed by atoms with Crippen molar-refractivity contribution in [3.8, 4) is 0 Å². The Balaban J connectivity index is 1.81. The van der Waals surface area contributed by atoms with Crippen molar-refractivity contribution in [1.82, 2.24) is 19.4 Å². The van der Waals surface area contributed by atoms with Gasteiger partial charge in [0.05, 0.1) is 5.88 Å². The van der Waals surface area contributed by atoms with Gasteiger partial charge in [-0.05, 0) is 22.0 Å². The molecule has 0 unspecified atom stereocenters. The summed E-state index contributed by atoms with van der Waals surface area (Å²) in [4.78, 5) is 11.6. The number of hydrogen-bond donors (Lipinski definition) is 0. The molecule has 108 valence electrons. The largest absolute Gasteiger partial charge is 0.310 e. The third kappa shape index (κ3) is 3.13. The van der Waals surface area contributed by atoms with Crippen LogP contribution in [0, 0.1) is 0 Å². The topological polar surface area (TPSA) is 34.0 Å². The number of rotatable bonds is 4. The lowest BCUT2D eigenvalue weighted by Crippen LogP contribution is -2.35. The van der Waals surface area contributed by atoms with Gasteiger partial charge in [-0.3, -0.25) is 4.90 Å². The lowest BCUT2D eigenvalue weighted by molar-refractivity contribution is 0.289. The number of halogens is 2. The number of imidazole rings is 1. The van der Waals surface area contributed by atoms with Crippen molar-refractivity contribution in [1.29, 1.82) is 0 Å². The Bertz CT molecular complexity index is 597. The third-order valence-corrected chi connectivity index (χ3v) is 5.11. The number of alkyl halides is 1. The molecule has 1 aliphatic heterocycles. The second-order valence-corrected chi connectivity index (χ2v) is 7.17. The molecule has 0 N–H and O–H groups in total. The van der Waals surface area contributed by atoms with E-state index in [0.717, 1.165) is 34.6 Å². The fraction of sp³-hybridized carbons (Fsp3) is 0.538. The second-order valence-electron chi connectivity index (χ2n) is 4.76. The first-order valence-corrected chi connectivity index (χ1v) is 9.13. The SMILES string of the molecule is ClCc1nc2cc(Br)cnc2n1CCN1CCSCC1. The van der Waals surface area contributed by atoms with Gasteiger partial charge in [-0.25, -0.2) is 9.97 Å². The van der Waals surface area contributed by atoms with Crippen molar-refractivity contribution >= 4 is 50.5 Å². The Kier molecular flexibility index (Phi) is 4.86. The van der Waals surface area contributed by atoms with Gasteiger partial charge in [0.15, 0.2) is 5.65 Å². The molecule has 7 heteroatoms. The van der Waals surface area contributed by atoms with Gasteiger partial charge in [0.25, 0.3) is 0 Å². The van der Waals surface area contributed by atoms with E-state index in [4.69, 9.17) is 11.6 Å². The monoisotopic (exact) mass is 374 g/mol. The highest BCUT2D eigenvalue weighted by molar-refractivity contribution is 9.10. The zero-order valence-corrected chi connectivity index (χ0v) is 14.2. The van der Waals surface area contributed by atoms with Crippen LogP contribution in [-0.4, -0.2) is 50.6 Å². The first kappa shape index (κ1) is 14.6. The molecule has 3 rings (SSSR count). The summed E-state index contributed by atoms with van der Waals surface area (Å²) in [6.07, 6.45) is 1.82. The van der Waals surface area contributed by atoms with Crippen LogP contribution in [0.2, 0.25) is 0 Å². The molecule has 0 amide bonds. The summed E-state index contributed by atoms with van der Waals surface area (Å²) < 4.78 is 3.10. The molecular formula is C13H16BrClN4S. The van der Waals surface area contributed by atoms with E-state index in [0.29, 0.717) is 5.88 Å². The number of hydrogen-bond acceptors (Lipinski definition) is 4. The minimum atomic E-state index is 0.420. The zero-order valence-electron chi connectivity index (χ0n) is 11.1. The average molecular weight is 376 g/mol. The van der Waals surface area contributed by atoms with Crippen LogP contribution in [0.3, 0.4) is 0 Å². The predicted octanol–water partition coefficient (Wildman–Crippen LogP) is 2.98. The van der Waals surface area contributed by atoms with Crippen LogP contribution in [-0.2, 0) is 12.4 Å². The molecule has 3 heterocycles. The Morgan fingerprint density at radius 3 is 2.85 bits per heavy atom. The second kappa shape index (κ2) is 6.64. The summed E-state index contributed by atoms with van der Waals surface area (Å²) >= 11 is 11.5. The number of fused-ring (bicyclic) bond motifs is 1. The van der Waals surface area contributed by atoms with Crippen LogP contribution >= 0.6 is 39.3 Å². The molecule has 0 aliphatic carbocycles. The minimum absolute atomic E-state index is 0.420. The van der Waals surface area contributed by atoms with Crippen molar-refractivity contribution in [3.05, 3.63) is 22.6 Å². The third-order valence-electron chi connectivity index (χ3n) is 3.49. The molecule has 1 saturated heterocycles. The van der Waals surface area contributed by atoms with Crippen molar-refractivity contribution in [2.24, 2.45) is 0 Å². The van der Waals surface area contributed by atoms with Gasteiger partial charge in [0.1, 0.15) is 11.3 Å². The van der Waals surface area contributed by atoms with E-state index in [1.165, 1.54) is 24.6 Å². The summed E-state index contributed by atoms with van der Waals surface area (Å²) in [5, 5.41) is 0. The van der Waals surface area contributed by atoms with Gasteiger partial charge in [0, 0.05) is 48.4 Å². The number of nitrogens with zero attached hydrogens (tertiary/aromatic N) is 4. The Morgan fingerprint density at radius 2 is 2.10 bits per heavy atom. The van der Waals surface area contributed by atoms with E-state index in [9.17, 15) is 0 Å². The summed E-state index contributed by atoms with van der Waals surface area (Å²) in [5.41, 5.74) is 1.83. The summed E-state index contributed by atoms with van der Waals surface area (Å²) in [6, 6.07) is 1.99. The normalized spacial score (nSPS) is 16.9. The van der Waals surface area contributed by atoms with Crippen LogP contribution < -0.4 is 0 Å². The number of aromatic nitrogens is 3. The molecule has 0 bridgehead atoms. The van der Waals surface area contributed by atoms with E-state index >= 15 is 0 Å². The Labute approximate surface area is 136 Å². The summed E-state index contributed by atoms with van der Waals surface area (Å²) in [5.74, 6) is 3.79. The van der Waals surface area contributed by atoms with Crippen molar-refractivity contribution in [2.45, 2.75) is 12.4 Å². The quantitative estimate of drug-likeness (QED) is 0.769. The lowest BCUT2D eigenvalue weighted by Gasteiger charge is -2.26. The van der Waals surface area contributed by atoms with E-state index in [-0.39, 0.29) is 0 Å². The maximum Gasteiger partial charge on any atom is 0.160 e. The Morgan fingerprint density at radius 1 is 1.30 bits per heavy atom. The van der Waals surface area contributed by atoms with Crippen molar-refractivity contribution in [2.75, 3.05) is 31.1 Å². The van der Waals surface area contributed by atoms with E-state index in [1.807, 2.05) is 24.0 Å². The summed E-state index contributed by atoms with van der Waals surface area (Å²) in [6.45, 7) is 4.28. The molecule has 4 nitrogen and oxygen atoms in total. The first-order chi connectivity index (χ1) is 9.78. The number of thioether (sulfide) groups is 1. The maximum absolute atomic E-state index is 6.03. The van der Waals surface area contributed by atoms with Gasteiger partial charge < -0.3 is 4.57 Å². The fourth-order valence-electron chi connectivity index (χ4n) is 2.44. The van der Waals surface area contributed by atoms with Gasteiger partial charge in [-0.2, -0.15) is 11.8 Å². The minimum Gasteiger partial charge on any atom is -0.310 e. The van der Waals surface area contributed by atoms with Gasteiger partial charge in [-0.15, -0.1) is 11.6 Å². The molecule has 1 aliphatic rings. The van der Waals surface area contributed by atoms with E-state index in [1.54, 1.807) is 0 Å². The van der Waals surface area contributed by atoms with Crippen LogP contribution in [0.15, 0.2) is 16.7 Å². The van der Waals surface area contributed by atoms with Crippen LogP contribution in [0.4, 0.5) is 0 Å². The highest BCUT2D eigenvalue weighted by Gasteiger charge is 2.14. The highest BCUT2D eigenvalue weighted by atomic mass is 79.9. The van der Waals surface area contributed by atoms with Crippen molar-refractivity contribution < 1.29 is 0 Å². The van der Waals surface area contributed by atoms with Gasteiger partial charge in [0.2, 0.25) is 0 Å². The maximum atomic E-state index is 6.03. The fourth-order valence-corrected chi connectivity index (χ4v) is 3.94. The molecule has 0 saturated carbocycles. The molecule has 0 atom stereocenters. The molecule has 2 aromatic rings. The van der Waals surface area contributed by atoms with E-state index < -0.39 is 0 Å². The molecule has 0 radical (unpaired) electrons. The van der Waals surface area contributed by atoms with Crippen LogP contribution in [0.25, 0.3) is 11.2 Å². The molecule has 0 aromatic carbocycles. The smallest absolute Gasteiger partial charge is 0.160 e. The summed E-state index contributed by atoms with van der Waals surface area (Å²) in [7, 11) is 0.